The minimum atomic E-state index is -5.05. The lowest BCUT2D eigenvalue weighted by atomic mass is 10.8. The van der Waals surface area contributed by atoms with Gasteiger partial charge in [0.05, 0.1) is 6.54 Å². The maximum atomic E-state index is 10.9. The van der Waals surface area contributed by atoms with E-state index in [0.29, 0.717) is 12.3 Å². The molecule has 3 N–H and O–H groups in total. The van der Waals surface area contributed by atoms with E-state index in [2.05, 4.69) is 13.8 Å². The van der Waals surface area contributed by atoms with Gasteiger partial charge < -0.3 is 14.3 Å². The molecule has 1 heterocycles. The molecule has 0 aliphatic carbocycles. The quantitative estimate of drug-likeness (QED) is 0.621. The van der Waals surface area contributed by atoms with E-state index in [1.54, 1.807) is 0 Å². The van der Waals surface area contributed by atoms with Crippen LogP contribution in [0.25, 0.3) is 0 Å². The summed E-state index contributed by atoms with van der Waals surface area (Å²) in [5.74, 6) is 0.589. The van der Waals surface area contributed by atoms with Crippen molar-refractivity contribution in [3.63, 3.8) is 0 Å². The van der Waals surface area contributed by atoms with Crippen molar-refractivity contribution in [3.8, 4) is 0 Å². The van der Waals surface area contributed by atoms with Crippen molar-refractivity contribution in [2.24, 2.45) is 4.99 Å². The molecular weight excluding hydrogens is 256 g/mol. The van der Waals surface area contributed by atoms with Gasteiger partial charge in [0, 0.05) is 5.75 Å². The highest BCUT2D eigenvalue weighted by molar-refractivity contribution is 8.14. The summed E-state index contributed by atoms with van der Waals surface area (Å²) < 4.78 is 29.0. The van der Waals surface area contributed by atoms with E-state index < -0.39 is 15.6 Å². The number of hydrogen-bond donors (Lipinski definition) is 3. The largest absolute Gasteiger partial charge is 0.538 e. The number of thioether (sulfide) groups is 1. The van der Waals surface area contributed by atoms with Gasteiger partial charge in [-0.25, -0.2) is 14.1 Å². The number of nitrogens with zero attached hydrogens (tertiary/aromatic N) is 1. The molecule has 14 heavy (non-hydrogen) atoms. The molecule has 8 nitrogen and oxygen atoms in total. The van der Waals surface area contributed by atoms with Crippen LogP contribution < -0.4 is 0 Å². The average molecular weight is 263 g/mol. The maximum Gasteiger partial charge on any atom is 0.538 e. The number of hydrogen-bond acceptors (Lipinski definition) is 6. The van der Waals surface area contributed by atoms with Crippen molar-refractivity contribution in [3.05, 3.63) is 0 Å². The SMILES string of the molecule is O=P(O)(O)OP(=O)(O)OC1=NCCS1. The van der Waals surface area contributed by atoms with Gasteiger partial charge in [0.15, 0.2) is 0 Å². The summed E-state index contributed by atoms with van der Waals surface area (Å²) >= 11 is 1.06. The van der Waals surface area contributed by atoms with E-state index in [-0.39, 0.29) is 5.23 Å². The first-order chi connectivity index (χ1) is 6.29. The van der Waals surface area contributed by atoms with E-state index in [1.807, 2.05) is 0 Å². The molecule has 1 atom stereocenters. The lowest BCUT2D eigenvalue weighted by Gasteiger charge is -2.11. The molecule has 0 aromatic carbocycles. The third-order valence-corrected chi connectivity index (χ3v) is 4.01. The summed E-state index contributed by atoms with van der Waals surface area (Å²) in [4.78, 5) is 29.0. The molecule has 0 radical (unpaired) electrons. The van der Waals surface area contributed by atoms with Crippen molar-refractivity contribution in [2.75, 3.05) is 12.3 Å². The first kappa shape index (κ1) is 12.2. The van der Waals surface area contributed by atoms with Gasteiger partial charge in [-0.3, -0.25) is 4.89 Å². The summed E-state index contributed by atoms with van der Waals surface area (Å²) in [6, 6.07) is 0. The molecule has 0 aromatic rings. The molecule has 0 bridgehead atoms. The third kappa shape index (κ3) is 4.56. The molecule has 0 amide bonds. The van der Waals surface area contributed by atoms with Crippen molar-refractivity contribution in [2.45, 2.75) is 0 Å². The second kappa shape index (κ2) is 4.32. The molecule has 0 saturated carbocycles. The molecule has 0 saturated heterocycles. The Bertz CT molecular complexity index is 336. The second-order valence-electron chi connectivity index (χ2n) is 2.13. The van der Waals surface area contributed by atoms with E-state index >= 15 is 0 Å². The van der Waals surface area contributed by atoms with E-state index in [9.17, 15) is 9.13 Å². The van der Waals surface area contributed by atoms with Gasteiger partial charge in [-0.2, -0.15) is 4.31 Å². The molecule has 1 aliphatic heterocycles. The van der Waals surface area contributed by atoms with Crippen LogP contribution in [0.15, 0.2) is 4.99 Å². The first-order valence-corrected chi connectivity index (χ1v) is 7.26. The summed E-state index contributed by atoms with van der Waals surface area (Å²) in [5.41, 5.74) is 0. The Morgan fingerprint density at radius 2 is 2.00 bits per heavy atom. The van der Waals surface area contributed by atoms with Gasteiger partial charge in [-0.15, -0.1) is 0 Å². The standard InChI is InChI=1S/C3H7NO7P2S/c5-12(6,7)11-13(8,9)10-3-4-1-2-14-3/h1-2H2,(H,8,9)(H2,5,6,7). The van der Waals surface area contributed by atoms with Crippen LogP contribution >= 0.6 is 27.4 Å². The lowest BCUT2D eigenvalue weighted by Crippen LogP contribution is -1.97. The van der Waals surface area contributed by atoms with Crippen LogP contribution in [-0.2, 0) is 18.0 Å². The molecule has 1 aliphatic rings. The number of aliphatic imine (C=N–C) groups is 1. The molecule has 0 fully saturated rings. The van der Waals surface area contributed by atoms with Crippen LogP contribution in [0.3, 0.4) is 0 Å². The van der Waals surface area contributed by atoms with Gasteiger partial charge in [0.2, 0.25) is 0 Å². The lowest BCUT2D eigenvalue weighted by molar-refractivity contribution is 0.228. The number of rotatable bonds is 3. The summed E-state index contributed by atoms with van der Waals surface area (Å²) in [7, 11) is -9.82. The predicted molar refractivity (Wildman–Crippen MR) is 48.8 cm³/mol. The Labute approximate surface area is 83.2 Å². The molecular formula is C3H7NO7P2S. The highest BCUT2D eigenvalue weighted by atomic mass is 32.2. The molecule has 11 heteroatoms. The van der Waals surface area contributed by atoms with Crippen LogP contribution in [-0.4, -0.2) is 32.2 Å². The van der Waals surface area contributed by atoms with Gasteiger partial charge >= 0.3 is 15.6 Å². The fourth-order valence-corrected chi connectivity index (χ4v) is 3.12. The Balaban J connectivity index is 2.57. The normalized spacial score (nSPS) is 21.5. The van der Waals surface area contributed by atoms with Crippen molar-refractivity contribution in [1.82, 2.24) is 0 Å². The van der Waals surface area contributed by atoms with Crippen molar-refractivity contribution in [1.29, 1.82) is 0 Å². The molecule has 0 aromatic heterocycles. The monoisotopic (exact) mass is 263 g/mol. The Kier molecular flexibility index (Phi) is 3.76. The van der Waals surface area contributed by atoms with E-state index in [0.717, 1.165) is 11.8 Å². The minimum absolute atomic E-state index is 0.107. The Morgan fingerprint density at radius 1 is 1.36 bits per heavy atom. The van der Waals surface area contributed by atoms with E-state index in [1.165, 1.54) is 0 Å². The topological polar surface area (TPSA) is 126 Å². The zero-order valence-electron chi connectivity index (χ0n) is 6.64. The molecule has 1 rings (SSSR count). The molecule has 1 unspecified atom stereocenters. The fourth-order valence-electron chi connectivity index (χ4n) is 0.621. The van der Waals surface area contributed by atoms with Gasteiger partial charge in [0.25, 0.3) is 5.23 Å². The summed E-state index contributed by atoms with van der Waals surface area (Å²) in [6.07, 6.45) is 0. The van der Waals surface area contributed by atoms with Gasteiger partial charge in [-0.1, -0.05) is 11.8 Å². The number of phosphoric ester groups is 1. The fraction of sp³-hybridized carbons (Fsp3) is 0.667. The predicted octanol–water partition coefficient (Wildman–Crippen LogP) is 0.315. The number of phosphoric acid groups is 2. The molecule has 0 spiro atoms. The van der Waals surface area contributed by atoms with Crippen LogP contribution in [0.2, 0.25) is 0 Å². The summed E-state index contributed by atoms with van der Waals surface area (Å²) in [6.45, 7) is 0.426. The Morgan fingerprint density at radius 3 is 2.43 bits per heavy atom. The first-order valence-electron chi connectivity index (χ1n) is 3.25. The summed E-state index contributed by atoms with van der Waals surface area (Å²) in [5, 5.41) is -0.107. The highest BCUT2D eigenvalue weighted by Crippen LogP contribution is 2.58. The molecule has 82 valence electrons. The second-order valence-corrected chi connectivity index (χ2v) is 5.93. The smallest absolute Gasteiger partial charge is 0.379 e. The van der Waals surface area contributed by atoms with Crippen molar-refractivity contribution >= 4 is 32.6 Å². The highest BCUT2D eigenvalue weighted by Gasteiger charge is 2.35. The van der Waals surface area contributed by atoms with Gasteiger partial charge in [0.1, 0.15) is 0 Å². The van der Waals surface area contributed by atoms with Crippen LogP contribution in [0, 0.1) is 0 Å². The maximum absolute atomic E-state index is 10.9. The van der Waals surface area contributed by atoms with Gasteiger partial charge in [-0.05, 0) is 0 Å². The van der Waals surface area contributed by atoms with Crippen LogP contribution in [0.1, 0.15) is 0 Å². The zero-order chi connectivity index (χ0) is 10.8. The third-order valence-electron chi connectivity index (χ3n) is 0.961. The Hall–Kier alpha value is 0.120. The van der Waals surface area contributed by atoms with Crippen LogP contribution in [0.5, 0.6) is 0 Å². The minimum Gasteiger partial charge on any atom is -0.379 e. The van der Waals surface area contributed by atoms with E-state index in [4.69, 9.17) is 14.7 Å². The average Bonchev–Trinajstić information content (AvgIpc) is 2.31. The van der Waals surface area contributed by atoms with Crippen LogP contribution in [0.4, 0.5) is 0 Å². The van der Waals surface area contributed by atoms with Crippen molar-refractivity contribution < 1.29 is 32.6 Å². The zero-order valence-corrected chi connectivity index (χ0v) is 9.24.